The summed E-state index contributed by atoms with van der Waals surface area (Å²) < 4.78 is 24.7. The molecule has 1 atom stereocenters. The number of halogens is 1. The van der Waals surface area contributed by atoms with Crippen molar-refractivity contribution in [1.29, 1.82) is 0 Å². The van der Waals surface area contributed by atoms with Crippen LogP contribution in [0.25, 0.3) is 0 Å². The molecule has 2 rings (SSSR count). The summed E-state index contributed by atoms with van der Waals surface area (Å²) in [5.74, 6) is 1.70. The summed E-state index contributed by atoms with van der Waals surface area (Å²) in [6, 6.07) is 5.62. The van der Waals surface area contributed by atoms with E-state index in [0.717, 1.165) is 23.5 Å². The van der Waals surface area contributed by atoms with Crippen molar-refractivity contribution in [3.8, 4) is 0 Å². The molecule has 1 fully saturated rings. The first kappa shape index (κ1) is 16.9. The molecule has 0 radical (unpaired) electrons. The molecule has 0 amide bonds. The minimum Gasteiger partial charge on any atom is -0.353 e. The maximum absolute atomic E-state index is 12.4. The van der Waals surface area contributed by atoms with Gasteiger partial charge in [-0.1, -0.05) is 18.5 Å². The summed E-state index contributed by atoms with van der Waals surface area (Å²) in [6.45, 7) is 2.95. The Hall–Kier alpha value is -0.430. The van der Waals surface area contributed by atoms with Crippen molar-refractivity contribution < 1.29 is 8.42 Å². The van der Waals surface area contributed by atoms with Gasteiger partial charge in [-0.05, 0) is 36.7 Å². The van der Waals surface area contributed by atoms with Gasteiger partial charge in [-0.2, -0.15) is 11.8 Å². The molecular formula is C14H21ClN2O2S2. The lowest BCUT2D eigenvalue weighted by molar-refractivity contribution is 0.579. The van der Waals surface area contributed by atoms with Gasteiger partial charge < -0.3 is 10.6 Å². The molecule has 7 heteroatoms. The van der Waals surface area contributed by atoms with Gasteiger partial charge in [0.15, 0.2) is 9.84 Å². The molecule has 4 nitrogen and oxygen atoms in total. The van der Waals surface area contributed by atoms with E-state index in [2.05, 4.69) is 0 Å². The van der Waals surface area contributed by atoms with Crippen LogP contribution in [-0.4, -0.2) is 44.1 Å². The quantitative estimate of drug-likeness (QED) is 0.883. The zero-order valence-corrected chi connectivity index (χ0v) is 14.5. The third kappa shape index (κ3) is 3.86. The van der Waals surface area contributed by atoms with Crippen LogP contribution in [0.4, 0.5) is 5.69 Å². The molecule has 118 valence electrons. The lowest BCUT2D eigenvalue weighted by Gasteiger charge is -2.37. The third-order valence-electron chi connectivity index (χ3n) is 3.67. The van der Waals surface area contributed by atoms with Crippen LogP contribution < -0.4 is 10.6 Å². The minimum absolute atomic E-state index is 0.161. The summed E-state index contributed by atoms with van der Waals surface area (Å²) in [5.41, 5.74) is 7.64. The van der Waals surface area contributed by atoms with Crippen LogP contribution in [0.15, 0.2) is 18.2 Å². The van der Waals surface area contributed by atoms with Crippen molar-refractivity contribution in [2.24, 2.45) is 5.73 Å². The monoisotopic (exact) mass is 348 g/mol. The van der Waals surface area contributed by atoms with Gasteiger partial charge in [-0.25, -0.2) is 8.42 Å². The maximum Gasteiger partial charge on any atom is 0.171 e. The lowest BCUT2D eigenvalue weighted by Crippen LogP contribution is -2.48. The molecule has 21 heavy (non-hydrogen) atoms. The number of hydrogen-bond acceptors (Lipinski definition) is 5. The second-order valence-corrected chi connectivity index (χ2v) is 9.02. The van der Waals surface area contributed by atoms with Crippen LogP contribution in [-0.2, 0) is 16.3 Å². The number of anilines is 1. The van der Waals surface area contributed by atoms with E-state index in [0.29, 0.717) is 23.7 Å². The molecule has 0 aliphatic carbocycles. The Bertz CT molecular complexity index is 593. The molecule has 1 aromatic rings. The largest absolute Gasteiger partial charge is 0.353 e. The predicted molar refractivity (Wildman–Crippen MR) is 92.1 cm³/mol. The smallest absolute Gasteiger partial charge is 0.171 e. The van der Waals surface area contributed by atoms with Crippen LogP contribution in [0.5, 0.6) is 0 Å². The van der Waals surface area contributed by atoms with E-state index >= 15 is 0 Å². The second kappa shape index (κ2) is 7.22. The van der Waals surface area contributed by atoms with Gasteiger partial charge in [0.1, 0.15) is 5.37 Å². The predicted octanol–water partition coefficient (Wildman–Crippen LogP) is 2.16. The molecule has 1 heterocycles. The van der Waals surface area contributed by atoms with Gasteiger partial charge in [0.25, 0.3) is 0 Å². The van der Waals surface area contributed by atoms with E-state index in [-0.39, 0.29) is 5.75 Å². The summed E-state index contributed by atoms with van der Waals surface area (Å²) >= 11 is 7.76. The number of benzene rings is 1. The first-order valence-electron chi connectivity index (χ1n) is 7.04. The number of thioether (sulfide) groups is 1. The van der Waals surface area contributed by atoms with E-state index in [1.807, 2.05) is 23.1 Å². The fourth-order valence-corrected chi connectivity index (χ4v) is 5.71. The fourth-order valence-electron chi connectivity index (χ4n) is 2.54. The van der Waals surface area contributed by atoms with Crippen molar-refractivity contribution in [3.05, 3.63) is 28.8 Å². The highest BCUT2D eigenvalue weighted by Crippen LogP contribution is 2.31. The summed E-state index contributed by atoms with van der Waals surface area (Å²) in [7, 11) is -3.12. The normalized spacial score (nSPS) is 19.8. The highest BCUT2D eigenvalue weighted by atomic mass is 35.5. The van der Waals surface area contributed by atoms with E-state index in [9.17, 15) is 8.42 Å². The van der Waals surface area contributed by atoms with Crippen molar-refractivity contribution in [2.45, 2.75) is 18.7 Å². The highest BCUT2D eigenvalue weighted by molar-refractivity contribution is 8.01. The van der Waals surface area contributed by atoms with Gasteiger partial charge >= 0.3 is 0 Å². The van der Waals surface area contributed by atoms with Gasteiger partial charge in [0, 0.05) is 34.5 Å². The van der Waals surface area contributed by atoms with Crippen LogP contribution in [0.2, 0.25) is 5.02 Å². The van der Waals surface area contributed by atoms with E-state index in [1.165, 1.54) is 0 Å². The molecule has 1 saturated heterocycles. The lowest BCUT2D eigenvalue weighted by atomic mass is 10.1. The Balaban J connectivity index is 2.42. The Morgan fingerprint density at radius 3 is 2.90 bits per heavy atom. The number of rotatable bonds is 5. The number of nitrogens with two attached hydrogens (primary N) is 1. The Kier molecular flexibility index (Phi) is 5.82. The van der Waals surface area contributed by atoms with E-state index < -0.39 is 15.2 Å². The van der Waals surface area contributed by atoms with Gasteiger partial charge in [0.2, 0.25) is 0 Å². The molecule has 2 N–H and O–H groups in total. The molecule has 0 bridgehead atoms. The summed E-state index contributed by atoms with van der Waals surface area (Å²) in [5, 5.41) is 0.197. The molecule has 1 aliphatic rings. The Morgan fingerprint density at radius 1 is 1.48 bits per heavy atom. The number of nitrogens with zero attached hydrogens (tertiary/aromatic N) is 1. The Labute approximate surface area is 135 Å². The van der Waals surface area contributed by atoms with Gasteiger partial charge in [0.05, 0.1) is 0 Å². The zero-order chi connectivity index (χ0) is 15.5. The zero-order valence-electron chi connectivity index (χ0n) is 12.1. The molecule has 0 aromatic heterocycles. The fraction of sp³-hybridized carbons (Fsp3) is 0.571. The van der Waals surface area contributed by atoms with E-state index in [4.69, 9.17) is 17.3 Å². The SMILES string of the molecule is CCS(=O)(=O)C1CSCCN1c1ccc(Cl)cc1CCN. The average Bonchev–Trinajstić information content (AvgIpc) is 2.48. The number of hydrogen-bond donors (Lipinski definition) is 1. The topological polar surface area (TPSA) is 63.4 Å². The molecule has 1 unspecified atom stereocenters. The Morgan fingerprint density at radius 2 is 2.24 bits per heavy atom. The van der Waals surface area contributed by atoms with Crippen LogP contribution in [0.3, 0.4) is 0 Å². The van der Waals surface area contributed by atoms with Crippen molar-refractivity contribution in [3.63, 3.8) is 0 Å². The average molecular weight is 349 g/mol. The van der Waals surface area contributed by atoms with Gasteiger partial charge in [-0.15, -0.1) is 0 Å². The van der Waals surface area contributed by atoms with Crippen LogP contribution in [0, 0.1) is 0 Å². The van der Waals surface area contributed by atoms with Crippen molar-refractivity contribution in [2.75, 3.05) is 35.2 Å². The highest BCUT2D eigenvalue weighted by Gasteiger charge is 2.33. The maximum atomic E-state index is 12.4. The van der Waals surface area contributed by atoms with Crippen molar-refractivity contribution in [1.82, 2.24) is 0 Å². The van der Waals surface area contributed by atoms with E-state index in [1.54, 1.807) is 18.7 Å². The standard InChI is InChI=1S/C14H21ClN2O2S2/c1-2-21(18,19)14-10-20-8-7-17(14)13-4-3-12(15)9-11(13)5-6-16/h3-4,9,14H,2,5-8,10,16H2,1H3. The second-order valence-electron chi connectivity index (χ2n) is 4.99. The van der Waals surface area contributed by atoms with Crippen LogP contribution in [0.1, 0.15) is 12.5 Å². The first-order chi connectivity index (χ1) is 9.99. The van der Waals surface area contributed by atoms with Gasteiger partial charge in [-0.3, -0.25) is 0 Å². The minimum atomic E-state index is -3.12. The number of sulfone groups is 1. The third-order valence-corrected chi connectivity index (χ3v) is 7.19. The summed E-state index contributed by atoms with van der Waals surface area (Å²) in [4.78, 5) is 2.01. The first-order valence-corrected chi connectivity index (χ1v) is 10.3. The summed E-state index contributed by atoms with van der Waals surface area (Å²) in [6.07, 6.45) is 0.693. The van der Waals surface area contributed by atoms with Crippen molar-refractivity contribution >= 4 is 38.9 Å². The molecular weight excluding hydrogens is 328 g/mol. The van der Waals surface area contributed by atoms with Crippen LogP contribution >= 0.6 is 23.4 Å². The molecule has 0 spiro atoms. The molecule has 1 aromatic carbocycles. The molecule has 1 aliphatic heterocycles. The molecule has 0 saturated carbocycles.